The third-order valence-corrected chi connectivity index (χ3v) is 4.30. The van der Waals surface area contributed by atoms with Gasteiger partial charge in [0.15, 0.2) is 0 Å². The number of nitrogens with two attached hydrogens (primary N) is 1. The van der Waals surface area contributed by atoms with Gasteiger partial charge in [-0.3, -0.25) is 4.98 Å². The van der Waals surface area contributed by atoms with E-state index in [1.165, 1.54) is 10.4 Å². The van der Waals surface area contributed by atoms with E-state index < -0.39 is 0 Å². The number of para-hydroxylation sites is 1. The van der Waals surface area contributed by atoms with Crippen LogP contribution in [-0.4, -0.2) is 4.98 Å². The summed E-state index contributed by atoms with van der Waals surface area (Å²) < 4.78 is 0. The highest BCUT2D eigenvalue weighted by Crippen LogP contribution is 2.30. The molecule has 0 aliphatic carbocycles. The number of benzene rings is 1. The van der Waals surface area contributed by atoms with E-state index in [4.69, 9.17) is 5.73 Å². The van der Waals surface area contributed by atoms with Crippen LogP contribution in [-0.2, 0) is 0 Å². The molecule has 0 amide bonds. The fourth-order valence-electron chi connectivity index (χ4n) is 2.23. The zero-order valence-electron chi connectivity index (χ0n) is 10.1. The fourth-order valence-corrected chi connectivity index (χ4v) is 3.18. The van der Waals surface area contributed by atoms with E-state index in [1.807, 2.05) is 30.5 Å². The molecule has 1 atom stereocenters. The Kier molecular flexibility index (Phi) is 2.86. The van der Waals surface area contributed by atoms with Gasteiger partial charge >= 0.3 is 0 Å². The van der Waals surface area contributed by atoms with E-state index in [0.717, 1.165) is 16.5 Å². The number of thiophene rings is 1. The molecule has 2 aromatic heterocycles. The summed E-state index contributed by atoms with van der Waals surface area (Å²) in [6.45, 7) is 2.11. The molecule has 0 aliphatic rings. The van der Waals surface area contributed by atoms with Crippen molar-refractivity contribution in [1.29, 1.82) is 0 Å². The number of pyridine rings is 1. The maximum absolute atomic E-state index is 6.41. The van der Waals surface area contributed by atoms with E-state index >= 15 is 0 Å². The average Bonchev–Trinajstić information content (AvgIpc) is 2.83. The molecular formula is C15H14N2S. The Morgan fingerprint density at radius 2 is 2.00 bits per heavy atom. The highest BCUT2D eigenvalue weighted by molar-refractivity contribution is 7.10. The van der Waals surface area contributed by atoms with Gasteiger partial charge in [0.2, 0.25) is 0 Å². The van der Waals surface area contributed by atoms with Gasteiger partial charge in [-0.05, 0) is 41.6 Å². The maximum atomic E-state index is 6.41. The number of fused-ring (bicyclic) bond motifs is 1. The maximum Gasteiger partial charge on any atom is 0.0705 e. The van der Waals surface area contributed by atoms with Crippen molar-refractivity contribution in [1.82, 2.24) is 4.98 Å². The van der Waals surface area contributed by atoms with E-state index in [2.05, 4.69) is 29.4 Å². The Hall–Kier alpha value is -1.71. The number of aromatic nitrogens is 1. The Balaban J connectivity index is 2.18. The van der Waals surface area contributed by atoms with Crippen molar-refractivity contribution < 1.29 is 0 Å². The molecular weight excluding hydrogens is 240 g/mol. The third kappa shape index (κ3) is 1.82. The van der Waals surface area contributed by atoms with Crippen molar-refractivity contribution in [3.63, 3.8) is 0 Å². The van der Waals surface area contributed by atoms with Gasteiger partial charge in [-0.2, -0.15) is 0 Å². The lowest BCUT2D eigenvalue weighted by Gasteiger charge is -2.14. The summed E-state index contributed by atoms with van der Waals surface area (Å²) in [5, 5.41) is 3.23. The number of nitrogens with zero attached hydrogens (tertiary/aromatic N) is 1. The zero-order valence-corrected chi connectivity index (χ0v) is 10.9. The van der Waals surface area contributed by atoms with Crippen LogP contribution >= 0.6 is 11.3 Å². The summed E-state index contributed by atoms with van der Waals surface area (Å²) in [7, 11) is 0. The highest BCUT2D eigenvalue weighted by Gasteiger charge is 2.15. The Bertz CT molecular complexity index is 682. The molecule has 0 saturated heterocycles. The number of hydrogen-bond donors (Lipinski definition) is 1. The molecule has 90 valence electrons. The Morgan fingerprint density at radius 1 is 1.17 bits per heavy atom. The molecule has 3 heteroatoms. The van der Waals surface area contributed by atoms with Crippen LogP contribution in [0.15, 0.2) is 48.0 Å². The first-order valence-electron chi connectivity index (χ1n) is 5.90. The Labute approximate surface area is 110 Å². The number of aryl methyl sites for hydroxylation is 1. The smallest absolute Gasteiger partial charge is 0.0705 e. The zero-order chi connectivity index (χ0) is 12.5. The van der Waals surface area contributed by atoms with Crippen LogP contribution in [0, 0.1) is 6.92 Å². The lowest BCUT2D eigenvalue weighted by atomic mass is 10.00. The van der Waals surface area contributed by atoms with Crippen LogP contribution in [0.2, 0.25) is 0 Å². The molecule has 18 heavy (non-hydrogen) atoms. The lowest BCUT2D eigenvalue weighted by Crippen LogP contribution is -2.12. The van der Waals surface area contributed by atoms with E-state index in [-0.39, 0.29) is 6.04 Å². The predicted octanol–water partition coefficient (Wildman–Crippen LogP) is 3.65. The second-order valence-corrected chi connectivity index (χ2v) is 5.31. The van der Waals surface area contributed by atoms with Gasteiger partial charge in [0, 0.05) is 16.5 Å². The minimum absolute atomic E-state index is 0.0714. The van der Waals surface area contributed by atoms with Gasteiger partial charge < -0.3 is 5.73 Å². The molecule has 0 radical (unpaired) electrons. The molecule has 3 rings (SSSR count). The van der Waals surface area contributed by atoms with Crippen LogP contribution < -0.4 is 5.73 Å². The molecule has 2 heterocycles. The van der Waals surface area contributed by atoms with E-state index in [9.17, 15) is 0 Å². The molecule has 3 aromatic rings. The van der Waals surface area contributed by atoms with Crippen molar-refractivity contribution >= 4 is 22.2 Å². The summed E-state index contributed by atoms with van der Waals surface area (Å²) in [5.41, 5.74) is 9.81. The van der Waals surface area contributed by atoms with Crippen LogP contribution in [0.3, 0.4) is 0 Å². The molecule has 0 bridgehead atoms. The lowest BCUT2D eigenvalue weighted by molar-refractivity contribution is 0.892. The minimum atomic E-state index is -0.0714. The monoisotopic (exact) mass is 254 g/mol. The van der Waals surface area contributed by atoms with Gasteiger partial charge in [-0.1, -0.05) is 18.2 Å². The molecule has 0 saturated carbocycles. The molecule has 2 N–H and O–H groups in total. The number of rotatable bonds is 2. The first kappa shape index (κ1) is 11.4. The minimum Gasteiger partial charge on any atom is -0.320 e. The second-order valence-electron chi connectivity index (χ2n) is 4.36. The summed E-state index contributed by atoms with van der Waals surface area (Å²) in [6, 6.07) is 12.2. The average molecular weight is 254 g/mol. The van der Waals surface area contributed by atoms with Gasteiger partial charge in [-0.15, -0.1) is 11.3 Å². The summed E-state index contributed by atoms with van der Waals surface area (Å²) in [6.07, 6.45) is 1.83. The van der Waals surface area contributed by atoms with Crippen molar-refractivity contribution in [2.24, 2.45) is 5.73 Å². The fraction of sp³-hybridized carbons (Fsp3) is 0.133. The molecule has 1 aromatic carbocycles. The molecule has 2 nitrogen and oxygen atoms in total. The summed E-state index contributed by atoms with van der Waals surface area (Å²) >= 11 is 1.72. The van der Waals surface area contributed by atoms with E-state index in [1.54, 1.807) is 11.3 Å². The number of hydrogen-bond acceptors (Lipinski definition) is 3. The van der Waals surface area contributed by atoms with Crippen LogP contribution in [0.5, 0.6) is 0 Å². The third-order valence-electron chi connectivity index (χ3n) is 3.20. The molecule has 1 unspecified atom stereocenters. The first-order chi connectivity index (χ1) is 8.77. The second kappa shape index (κ2) is 4.52. The topological polar surface area (TPSA) is 38.9 Å². The predicted molar refractivity (Wildman–Crippen MR) is 76.8 cm³/mol. The van der Waals surface area contributed by atoms with Gasteiger partial charge in [0.1, 0.15) is 0 Å². The summed E-state index contributed by atoms with van der Waals surface area (Å²) in [4.78, 5) is 5.60. The summed E-state index contributed by atoms with van der Waals surface area (Å²) in [5.74, 6) is 0. The highest BCUT2D eigenvalue weighted by atomic mass is 32.1. The molecule has 0 spiro atoms. The standard InChI is InChI=1S/C15H14N2S/c1-10-7-9-18-15(10)14(16)12-6-8-17-13-5-3-2-4-11(12)13/h2-9,14H,16H2,1H3. The van der Waals surface area contributed by atoms with Crippen LogP contribution in [0.1, 0.15) is 22.0 Å². The van der Waals surface area contributed by atoms with Crippen LogP contribution in [0.4, 0.5) is 0 Å². The van der Waals surface area contributed by atoms with Crippen LogP contribution in [0.25, 0.3) is 10.9 Å². The molecule has 0 fully saturated rings. The largest absolute Gasteiger partial charge is 0.320 e. The van der Waals surface area contributed by atoms with Gasteiger partial charge in [0.05, 0.1) is 11.6 Å². The van der Waals surface area contributed by atoms with Crippen molar-refractivity contribution in [2.45, 2.75) is 13.0 Å². The van der Waals surface area contributed by atoms with Gasteiger partial charge in [0.25, 0.3) is 0 Å². The van der Waals surface area contributed by atoms with E-state index in [0.29, 0.717) is 0 Å². The van der Waals surface area contributed by atoms with Crippen molar-refractivity contribution in [2.75, 3.05) is 0 Å². The van der Waals surface area contributed by atoms with Crippen molar-refractivity contribution in [3.8, 4) is 0 Å². The normalized spacial score (nSPS) is 12.8. The molecule has 0 aliphatic heterocycles. The van der Waals surface area contributed by atoms with Crippen molar-refractivity contribution in [3.05, 3.63) is 64.0 Å². The van der Waals surface area contributed by atoms with Gasteiger partial charge in [-0.25, -0.2) is 0 Å². The quantitative estimate of drug-likeness (QED) is 0.758. The SMILES string of the molecule is Cc1ccsc1C(N)c1ccnc2ccccc12. The Morgan fingerprint density at radius 3 is 2.78 bits per heavy atom. The first-order valence-corrected chi connectivity index (χ1v) is 6.78.